The zero-order chi connectivity index (χ0) is 99.0. The van der Waals surface area contributed by atoms with E-state index in [-0.39, 0.29) is 70.2 Å². The van der Waals surface area contributed by atoms with Crippen LogP contribution < -0.4 is 0 Å². The van der Waals surface area contributed by atoms with Gasteiger partial charge in [-0.3, -0.25) is 0 Å². The van der Waals surface area contributed by atoms with E-state index in [1.807, 2.05) is 0 Å². The third kappa shape index (κ3) is 30.4. The predicted octanol–water partition coefficient (Wildman–Crippen LogP) is 43.0. The molecule has 8 fully saturated rings. The fraction of sp³-hybridized carbons (Fsp3) is 0.508. The van der Waals surface area contributed by atoms with Crippen LogP contribution in [-0.2, 0) is 83.4 Å². The normalized spacial score (nSPS) is 36.2. The van der Waals surface area contributed by atoms with Crippen LogP contribution in [0.3, 0.4) is 0 Å². The van der Waals surface area contributed by atoms with Crippen molar-refractivity contribution in [1.29, 1.82) is 0 Å². The molecule has 146 heavy (non-hydrogen) atoms. The average Bonchev–Trinajstić information content (AvgIpc) is 1.56. The first-order valence-corrected chi connectivity index (χ1v) is 90.4. The molecule has 20 aliphatic carbocycles. The van der Waals surface area contributed by atoms with Crippen LogP contribution >= 0.6 is 68.1 Å². The minimum absolute atomic E-state index is 0. The zero-order valence-electron chi connectivity index (χ0n) is 93.5. The molecule has 16 heteroatoms. The summed E-state index contributed by atoms with van der Waals surface area (Å²) in [5.74, 6) is 19.1. The van der Waals surface area contributed by atoms with Crippen LogP contribution in [0.5, 0.6) is 0 Å². The van der Waals surface area contributed by atoms with Gasteiger partial charge in [-0.15, -0.1) is 26.3 Å². The van der Waals surface area contributed by atoms with E-state index in [1.165, 1.54) is 107 Å². The van der Waals surface area contributed by atoms with Crippen molar-refractivity contribution in [2.75, 3.05) is 0 Å². The van der Waals surface area contributed by atoms with Gasteiger partial charge in [-0.1, -0.05) is 421 Å². The fourth-order valence-electron chi connectivity index (χ4n) is 33.0. The molecule has 0 amide bonds. The Morgan fingerprint density at radius 1 is 0.274 bits per heavy atom. The third-order valence-electron chi connectivity index (χ3n) is 38.6. The van der Waals surface area contributed by atoms with Gasteiger partial charge in [-0.05, 0) is 298 Å². The summed E-state index contributed by atoms with van der Waals surface area (Å²) in [6.07, 6.45) is 136. The van der Waals surface area contributed by atoms with Crippen LogP contribution in [0.1, 0.15) is 145 Å². The first-order valence-electron chi connectivity index (χ1n) is 53.0. The van der Waals surface area contributed by atoms with E-state index in [9.17, 15) is 0 Å². The van der Waals surface area contributed by atoms with Crippen molar-refractivity contribution in [2.45, 2.75) is 241 Å². The third-order valence-corrected chi connectivity index (χ3v) is 60.8. The van der Waals surface area contributed by atoms with Crippen molar-refractivity contribution in [1.82, 2.24) is 0 Å². The van der Waals surface area contributed by atoms with Gasteiger partial charge < -0.3 is 59.4 Å². The number of rotatable bonds is 22. The standard InChI is InChI=1S/2C33H46Si.2C28H36Si.8CH3.8ClH.4Zr/c1-8-9-12-23-20-31(28-14-11-10-13-25(23)28)34(6,7)32-29-19-22(2)15-17-26(29)27-18-16-24(21-30(27)32)33(3,4)5;1-7-8-11-20-34(6,31-19-15-24-12-9-10-13-26(24)31)32-29-21-23(2)14-17-27(29)28-18-16-25(22-30(28)32)33(3,4)5;1-4-5-12-20-19-27(24-16-9-6-13-21(20)24)29(2,3)28-25-17-10-7-14-22(25)23-15-8-11-18-26(23)28;1-3-4-11-20-29(2,27-19-18-21-12-5-6-13-22(21)27)28-25-16-9-7-14-23(25)24-15-8-10-17-26(24)28;;;;;;;;;;;;;;;;;;;;/h8,10-11,13-19,21,23,25-32H,1,9,12,20H2,2-7H3;7,9-10,12-14,16-18,21-22,24,26-32H,1,8,11,15,19-20H2,2-6H3;4,6-11,13-18,20-28H,1,5,12,19H2,2-3H3;3,5-10,12-17,21-28H,1,4,11,18-20H2,2H3;8*1H3;8*1H;;;;/q;;;;8*-1;;;;;;;;;4*+4/p-8. The zero-order valence-corrected chi connectivity index (χ0v) is 113. The Bertz CT molecular complexity index is 4860. The fourth-order valence-corrected chi connectivity index (χ4v) is 57.0. The summed E-state index contributed by atoms with van der Waals surface area (Å²) >= 11 is -3.30. The van der Waals surface area contributed by atoms with E-state index in [0.29, 0.717) is 71.0 Å². The van der Waals surface area contributed by atoms with Gasteiger partial charge in [-0.2, -0.15) is 0 Å². The number of fused-ring (bicyclic) bond motifs is 16. The second kappa shape index (κ2) is 62.9. The van der Waals surface area contributed by atoms with Gasteiger partial charge in [0.2, 0.25) is 0 Å². The molecule has 34 atom stereocenters. The summed E-state index contributed by atoms with van der Waals surface area (Å²) in [5, 5.41) is 0. The molecule has 0 nitrogen and oxygen atoms in total. The molecule has 8 saturated carbocycles. The summed E-state index contributed by atoms with van der Waals surface area (Å²) < 4.78 is 0. The van der Waals surface area contributed by atoms with Crippen LogP contribution in [0.15, 0.2) is 340 Å². The van der Waals surface area contributed by atoms with Crippen LogP contribution in [-0.4, -0.2) is 32.3 Å². The van der Waals surface area contributed by atoms with Crippen LogP contribution in [0.4, 0.5) is 0 Å². The number of unbranched alkanes of at least 4 members (excludes halogenated alkanes) is 2. The Hall–Kier alpha value is -0.560. The van der Waals surface area contributed by atoms with E-state index < -0.39 is 116 Å². The minimum atomic E-state index is -1.65. The van der Waals surface area contributed by atoms with Crippen molar-refractivity contribution < 1.29 is 83.4 Å². The second-order valence-corrected chi connectivity index (χ2v) is 82.8. The van der Waals surface area contributed by atoms with Crippen molar-refractivity contribution in [2.24, 2.45) is 165 Å². The molecule has 796 valence electrons. The van der Waals surface area contributed by atoms with Gasteiger partial charge in [0.25, 0.3) is 0 Å². The molecular weight excluding hydrogens is 2320 g/mol. The SMILES string of the molecule is C=CCCC1CC([Si](C)(C)C2C3C=C(C)C=CC3C3C=CC(C(C)(C)C)=CC32)C2C=CC=CC12.C=CCCC1CC([Si](C)(C)C2C3C=CC=CC3C3C=CC=CC32)C2C=CC=CC12.C=CCCC[Si](C)(C1CCC2C=CC=CC21)C1C2C=C(C)C=CC2C2C=CC(C(C)(C)C)=CC21.C=CCCC[Si](C)(C1CCC2C=CC=CC21)C1C2C=CC=CC2C2C=CC=CC21.[CH3-].[CH3-].[CH3-].[CH3-].[CH3-].[CH3-].[CH3-].[CH3-].[Cl][Zr+2][Cl].[Cl][Zr+2][Cl].[Cl][Zr+2][Cl].[Cl][Zr+2][Cl]. The van der Waals surface area contributed by atoms with Gasteiger partial charge in [0, 0.05) is 0 Å². The molecule has 0 bridgehead atoms. The van der Waals surface area contributed by atoms with Gasteiger partial charge in [0.1, 0.15) is 0 Å². The predicted molar refractivity (Wildman–Crippen MR) is 658 cm³/mol. The summed E-state index contributed by atoms with van der Waals surface area (Å²) in [5.41, 5.74) is 13.5. The van der Waals surface area contributed by atoms with Crippen molar-refractivity contribution in [3.05, 3.63) is 400 Å². The number of hydrogen-bond acceptors (Lipinski definition) is 0. The first kappa shape index (κ1) is 136. The molecule has 0 aromatic rings. The van der Waals surface area contributed by atoms with Crippen LogP contribution in [0.2, 0.25) is 95.7 Å². The Balaban J connectivity index is 0.000000325. The van der Waals surface area contributed by atoms with E-state index in [0.717, 1.165) is 134 Å². The van der Waals surface area contributed by atoms with E-state index in [2.05, 4.69) is 413 Å². The van der Waals surface area contributed by atoms with Gasteiger partial charge in [-0.25, -0.2) is 0 Å². The Kier molecular flexibility index (Phi) is 58.5. The second-order valence-electron chi connectivity index (χ2n) is 47.9. The summed E-state index contributed by atoms with van der Waals surface area (Å²) in [7, 11) is 33.1. The quantitative estimate of drug-likeness (QED) is 0.0439. The molecule has 0 radical (unpaired) electrons. The number of halogens is 8. The van der Waals surface area contributed by atoms with Crippen molar-refractivity contribution >= 4 is 100 Å². The first-order chi connectivity index (χ1) is 66.4. The van der Waals surface area contributed by atoms with E-state index in [1.54, 1.807) is 11.1 Å². The molecule has 0 aliphatic heterocycles. The van der Waals surface area contributed by atoms with Crippen LogP contribution in [0, 0.1) is 224 Å². The molecule has 0 heterocycles. The van der Waals surface area contributed by atoms with E-state index >= 15 is 0 Å². The maximum atomic E-state index is 4.93. The molecule has 20 rings (SSSR count). The summed E-state index contributed by atoms with van der Waals surface area (Å²) in [6, 6.07) is 2.93. The van der Waals surface area contributed by atoms with Gasteiger partial charge in [0.15, 0.2) is 0 Å². The number of hydrogen-bond donors (Lipinski definition) is 0. The number of allylic oxidation sites excluding steroid dienone is 52. The topological polar surface area (TPSA) is 0 Å². The Labute approximate surface area is 977 Å². The van der Waals surface area contributed by atoms with Crippen molar-refractivity contribution in [3.8, 4) is 0 Å². The average molecular weight is 2510 g/mol. The van der Waals surface area contributed by atoms with Gasteiger partial charge in [0.05, 0.1) is 32.3 Å². The molecule has 20 aliphatic rings. The maximum absolute atomic E-state index is 4.93. The molecule has 0 saturated heterocycles. The molecule has 0 aromatic carbocycles. The molecule has 34 unspecified atom stereocenters. The monoisotopic (exact) mass is 2500 g/mol. The molecule has 0 N–H and O–H groups in total. The van der Waals surface area contributed by atoms with Gasteiger partial charge >= 0.3 is 151 Å². The molecule has 0 aromatic heterocycles. The summed E-state index contributed by atoms with van der Waals surface area (Å²) in [6.45, 7) is 51.9. The van der Waals surface area contributed by atoms with E-state index in [4.69, 9.17) is 68.1 Å². The molecule has 0 spiro atoms. The Morgan fingerprint density at radius 2 is 0.507 bits per heavy atom. The van der Waals surface area contributed by atoms with Crippen molar-refractivity contribution in [3.63, 3.8) is 0 Å². The molecular formula is C130H188Cl8Si4Zr4. The van der Waals surface area contributed by atoms with Crippen LogP contribution in [0.25, 0.3) is 0 Å². The Morgan fingerprint density at radius 3 is 0.815 bits per heavy atom. The summed E-state index contributed by atoms with van der Waals surface area (Å²) in [4.78, 5) is 0.